The van der Waals surface area contributed by atoms with E-state index in [1.54, 1.807) is 0 Å². The summed E-state index contributed by atoms with van der Waals surface area (Å²) in [6, 6.07) is 6.58. The molecule has 2 aromatic rings. The molecule has 0 aromatic heterocycles. The van der Waals surface area contributed by atoms with Crippen LogP contribution in [0.15, 0.2) is 36.4 Å². The van der Waals surface area contributed by atoms with E-state index in [0.29, 0.717) is 11.6 Å². The number of hydrogen-bond donors (Lipinski definition) is 1. The molecule has 1 atom stereocenters. The van der Waals surface area contributed by atoms with Crippen molar-refractivity contribution in [3.63, 3.8) is 0 Å². The minimum atomic E-state index is -0.918. The van der Waals surface area contributed by atoms with Crippen LogP contribution < -0.4 is 4.74 Å². The van der Waals surface area contributed by atoms with Gasteiger partial charge in [0.1, 0.15) is 5.82 Å². The molecule has 0 heterocycles. The monoisotopic (exact) mass is 268 g/mol. The lowest BCUT2D eigenvalue weighted by atomic mass is 10.1. The second-order valence-corrected chi connectivity index (χ2v) is 4.04. The van der Waals surface area contributed by atoms with Gasteiger partial charge in [0.2, 0.25) is 0 Å². The number of ether oxygens (including phenoxy) is 1. The molecule has 1 unspecified atom stereocenters. The Bertz CT molecular complexity index is 597. The van der Waals surface area contributed by atoms with E-state index in [1.165, 1.54) is 19.1 Å². The zero-order valence-electron chi connectivity index (χ0n) is 10.0. The van der Waals surface area contributed by atoms with Gasteiger partial charge in [-0.05, 0) is 36.8 Å². The molecule has 2 nitrogen and oxygen atoms in total. The topological polar surface area (TPSA) is 29.5 Å². The van der Waals surface area contributed by atoms with Crippen LogP contribution >= 0.6 is 0 Å². The Hall–Kier alpha value is -2.01. The standard InChI is InChI=1S/C14H11F3O2/c1-8(18)9-2-4-13(11(16)6-9)19-14-5-3-10(15)7-12(14)17/h2-8,18H,1H3. The molecule has 2 rings (SSSR count). The van der Waals surface area contributed by atoms with Gasteiger partial charge < -0.3 is 9.84 Å². The zero-order valence-corrected chi connectivity index (χ0v) is 10.0. The van der Waals surface area contributed by atoms with E-state index in [-0.39, 0.29) is 11.5 Å². The fraction of sp³-hybridized carbons (Fsp3) is 0.143. The van der Waals surface area contributed by atoms with Gasteiger partial charge in [-0.15, -0.1) is 0 Å². The Morgan fingerprint density at radius 1 is 0.947 bits per heavy atom. The molecule has 0 aliphatic rings. The predicted molar refractivity (Wildman–Crippen MR) is 63.5 cm³/mol. The third-order valence-electron chi connectivity index (χ3n) is 2.55. The van der Waals surface area contributed by atoms with Crippen molar-refractivity contribution in [2.24, 2.45) is 0 Å². The molecule has 0 saturated heterocycles. The molecule has 2 aromatic carbocycles. The van der Waals surface area contributed by atoms with Gasteiger partial charge in [0.15, 0.2) is 23.1 Å². The van der Waals surface area contributed by atoms with Crippen molar-refractivity contribution in [1.82, 2.24) is 0 Å². The summed E-state index contributed by atoms with van der Waals surface area (Å²) in [6.07, 6.45) is -0.814. The van der Waals surface area contributed by atoms with Crippen LogP contribution in [-0.2, 0) is 0 Å². The third-order valence-corrected chi connectivity index (χ3v) is 2.55. The summed E-state index contributed by atoms with van der Waals surface area (Å²) < 4.78 is 44.8. The molecular formula is C14H11F3O2. The van der Waals surface area contributed by atoms with Gasteiger partial charge in [0, 0.05) is 6.07 Å². The van der Waals surface area contributed by atoms with E-state index < -0.39 is 23.6 Å². The van der Waals surface area contributed by atoms with Crippen molar-refractivity contribution >= 4 is 0 Å². The van der Waals surface area contributed by atoms with Gasteiger partial charge in [0.25, 0.3) is 0 Å². The van der Waals surface area contributed by atoms with Crippen LogP contribution in [0.5, 0.6) is 11.5 Å². The molecule has 19 heavy (non-hydrogen) atoms. The Balaban J connectivity index is 2.28. The highest BCUT2D eigenvalue weighted by molar-refractivity contribution is 5.35. The first-order valence-corrected chi connectivity index (χ1v) is 5.58. The molecule has 0 spiro atoms. The number of aliphatic hydroxyl groups is 1. The zero-order chi connectivity index (χ0) is 14.0. The maximum atomic E-state index is 13.7. The average molecular weight is 268 g/mol. The smallest absolute Gasteiger partial charge is 0.168 e. The Labute approximate surface area is 108 Å². The maximum absolute atomic E-state index is 13.7. The summed E-state index contributed by atoms with van der Waals surface area (Å²) in [6.45, 7) is 1.49. The molecule has 0 saturated carbocycles. The SMILES string of the molecule is CC(O)c1ccc(Oc2ccc(F)cc2F)c(F)c1. The van der Waals surface area contributed by atoms with Crippen molar-refractivity contribution in [3.8, 4) is 11.5 Å². The minimum Gasteiger partial charge on any atom is -0.451 e. The largest absolute Gasteiger partial charge is 0.451 e. The molecule has 0 fully saturated rings. The summed E-state index contributed by atoms with van der Waals surface area (Å²) >= 11 is 0. The van der Waals surface area contributed by atoms with Crippen molar-refractivity contribution < 1.29 is 23.0 Å². The van der Waals surface area contributed by atoms with Crippen molar-refractivity contribution in [1.29, 1.82) is 0 Å². The summed E-state index contributed by atoms with van der Waals surface area (Å²) in [4.78, 5) is 0. The first-order chi connectivity index (χ1) is 8.97. The maximum Gasteiger partial charge on any atom is 0.168 e. The normalized spacial score (nSPS) is 12.3. The lowest BCUT2D eigenvalue weighted by Gasteiger charge is -2.10. The number of halogens is 3. The van der Waals surface area contributed by atoms with Crippen LogP contribution in [0.3, 0.4) is 0 Å². The van der Waals surface area contributed by atoms with E-state index in [1.807, 2.05) is 0 Å². The van der Waals surface area contributed by atoms with Crippen LogP contribution in [0.25, 0.3) is 0 Å². The molecule has 0 bridgehead atoms. The fourth-order valence-corrected chi connectivity index (χ4v) is 1.54. The van der Waals surface area contributed by atoms with Crippen LogP contribution in [-0.4, -0.2) is 5.11 Å². The summed E-state index contributed by atoms with van der Waals surface area (Å²) in [7, 11) is 0. The molecule has 5 heteroatoms. The molecule has 0 aliphatic heterocycles. The number of aliphatic hydroxyl groups excluding tert-OH is 1. The van der Waals surface area contributed by atoms with Crippen LogP contribution in [0.2, 0.25) is 0 Å². The molecular weight excluding hydrogens is 257 g/mol. The van der Waals surface area contributed by atoms with Gasteiger partial charge in [0.05, 0.1) is 6.10 Å². The van der Waals surface area contributed by atoms with Gasteiger partial charge >= 0.3 is 0 Å². The molecule has 0 amide bonds. The summed E-state index contributed by atoms with van der Waals surface area (Å²) in [5.74, 6) is -2.86. The quantitative estimate of drug-likeness (QED) is 0.913. The average Bonchev–Trinajstić information content (AvgIpc) is 2.34. The van der Waals surface area contributed by atoms with Gasteiger partial charge in [-0.1, -0.05) is 6.07 Å². The first kappa shape index (κ1) is 13.4. The summed E-state index contributed by atoms with van der Waals surface area (Å²) in [5.41, 5.74) is 0.379. The second-order valence-electron chi connectivity index (χ2n) is 4.04. The fourth-order valence-electron chi connectivity index (χ4n) is 1.54. The van der Waals surface area contributed by atoms with E-state index >= 15 is 0 Å². The van der Waals surface area contributed by atoms with E-state index in [0.717, 1.165) is 18.2 Å². The highest BCUT2D eigenvalue weighted by Gasteiger charge is 2.11. The van der Waals surface area contributed by atoms with Crippen LogP contribution in [0, 0.1) is 17.5 Å². The third kappa shape index (κ3) is 3.06. The van der Waals surface area contributed by atoms with E-state index in [2.05, 4.69) is 0 Å². The molecule has 1 N–H and O–H groups in total. The second kappa shape index (κ2) is 5.32. The van der Waals surface area contributed by atoms with Crippen molar-refractivity contribution in [3.05, 3.63) is 59.4 Å². The highest BCUT2D eigenvalue weighted by Crippen LogP contribution is 2.28. The van der Waals surface area contributed by atoms with Crippen molar-refractivity contribution in [2.45, 2.75) is 13.0 Å². The Kier molecular flexibility index (Phi) is 3.76. The van der Waals surface area contributed by atoms with Gasteiger partial charge in [-0.3, -0.25) is 0 Å². The lowest BCUT2D eigenvalue weighted by Crippen LogP contribution is -1.96. The lowest BCUT2D eigenvalue weighted by molar-refractivity contribution is 0.198. The number of benzene rings is 2. The highest BCUT2D eigenvalue weighted by atomic mass is 19.1. The molecule has 0 radical (unpaired) electrons. The number of rotatable bonds is 3. The van der Waals surface area contributed by atoms with Gasteiger partial charge in [-0.25, -0.2) is 13.2 Å². The van der Waals surface area contributed by atoms with Crippen molar-refractivity contribution in [2.75, 3.05) is 0 Å². The Morgan fingerprint density at radius 3 is 2.05 bits per heavy atom. The molecule has 100 valence electrons. The van der Waals surface area contributed by atoms with Crippen LogP contribution in [0.1, 0.15) is 18.6 Å². The first-order valence-electron chi connectivity index (χ1n) is 5.58. The predicted octanol–water partition coefficient (Wildman–Crippen LogP) is 3.95. The number of hydrogen-bond acceptors (Lipinski definition) is 2. The van der Waals surface area contributed by atoms with E-state index in [9.17, 15) is 18.3 Å². The van der Waals surface area contributed by atoms with Crippen LogP contribution in [0.4, 0.5) is 13.2 Å². The summed E-state index contributed by atoms with van der Waals surface area (Å²) in [5, 5.41) is 9.29. The van der Waals surface area contributed by atoms with Gasteiger partial charge in [-0.2, -0.15) is 0 Å². The minimum absolute atomic E-state index is 0.199. The Morgan fingerprint density at radius 2 is 1.53 bits per heavy atom. The van der Waals surface area contributed by atoms with E-state index in [4.69, 9.17) is 4.74 Å². The molecule has 0 aliphatic carbocycles.